The van der Waals surface area contributed by atoms with E-state index in [2.05, 4.69) is 93.7 Å². The lowest BCUT2D eigenvalue weighted by molar-refractivity contribution is -0.167. The molecule has 6 nitrogen and oxygen atoms in total. The zero-order valence-electron chi connectivity index (χ0n) is 55.5. The normalized spacial score (nSPS) is 12.5. The highest BCUT2D eigenvalue weighted by atomic mass is 16.6. The number of carbonyl (C=O) groups excluding carboxylic acids is 3. The van der Waals surface area contributed by atoms with Gasteiger partial charge in [-0.25, -0.2) is 0 Å². The lowest BCUT2D eigenvalue weighted by Crippen LogP contribution is -2.30. The molecule has 0 spiro atoms. The molecule has 0 N–H and O–H groups in total. The first kappa shape index (κ1) is 79.8. The second-order valence-electron chi connectivity index (χ2n) is 24.5. The lowest BCUT2D eigenvalue weighted by Gasteiger charge is -2.18. The van der Waals surface area contributed by atoms with Gasteiger partial charge in [0.05, 0.1) is 0 Å². The molecule has 0 aromatic heterocycles. The molecule has 0 saturated carbocycles. The Morgan fingerprint density at radius 2 is 0.470 bits per heavy atom. The maximum atomic E-state index is 13.0. The summed E-state index contributed by atoms with van der Waals surface area (Å²) in [6, 6.07) is 0. The second-order valence-corrected chi connectivity index (χ2v) is 24.5. The Kier molecular flexibility index (Phi) is 68.6. The van der Waals surface area contributed by atoms with Crippen molar-refractivity contribution in [2.75, 3.05) is 13.2 Å². The number of ether oxygens (including phenoxy) is 3. The first-order valence-electron chi connectivity index (χ1n) is 36.4. The van der Waals surface area contributed by atoms with Gasteiger partial charge in [-0.2, -0.15) is 0 Å². The quantitative estimate of drug-likeness (QED) is 0.0261. The molecule has 0 heterocycles. The van der Waals surface area contributed by atoms with E-state index in [-0.39, 0.29) is 31.1 Å². The van der Waals surface area contributed by atoms with E-state index in [1.807, 2.05) is 0 Å². The summed E-state index contributed by atoms with van der Waals surface area (Å²) >= 11 is 0. The zero-order chi connectivity index (χ0) is 59.9. The van der Waals surface area contributed by atoms with Crippen LogP contribution >= 0.6 is 0 Å². The SMILES string of the molecule is CC/C=C\C/C=C\C/C=C\C/C=C\CCCCCCCCCCCCC(=O)OCC(COC(=O)CCCCCCCCCCCCCCCCCCCCCCC)OC(=O)CCCCCCCCCCC/C=C\C/C=C\CCCCCCC. The molecule has 0 rings (SSSR count). The van der Waals surface area contributed by atoms with Crippen LogP contribution in [0.3, 0.4) is 0 Å². The van der Waals surface area contributed by atoms with Crippen LogP contribution in [0.4, 0.5) is 0 Å². The first-order valence-corrected chi connectivity index (χ1v) is 36.4. The first-order chi connectivity index (χ1) is 41.0. The topological polar surface area (TPSA) is 78.9 Å². The molecule has 0 aliphatic heterocycles. The van der Waals surface area contributed by atoms with E-state index in [1.165, 1.54) is 250 Å². The fourth-order valence-corrected chi connectivity index (χ4v) is 10.8. The van der Waals surface area contributed by atoms with Gasteiger partial charge in [0.1, 0.15) is 13.2 Å². The molecule has 1 atom stereocenters. The summed E-state index contributed by atoms with van der Waals surface area (Å²) in [6.07, 6.45) is 93.5. The van der Waals surface area contributed by atoms with Gasteiger partial charge in [-0.1, -0.05) is 344 Å². The van der Waals surface area contributed by atoms with Crippen molar-refractivity contribution < 1.29 is 28.6 Å². The number of hydrogen-bond donors (Lipinski definition) is 0. The standard InChI is InChI=1S/C77H138O6/c1-4-7-10-13-16-19-22-25-28-31-34-37-38-41-43-46-49-52-55-58-61-64-67-70-76(79)82-73-74(83-77(80)71-68-65-62-59-56-53-50-47-44-40-36-33-30-27-24-21-18-15-12-9-6-3)72-81-75(78)69-66-63-60-57-54-51-48-45-42-39-35-32-29-26-23-20-17-14-11-8-5-2/h7,10,16,19,24-25,27-28,33-34,36-37,74H,4-6,8-9,11-15,17-18,20-23,26,29-32,35,38-73H2,1-3H3/b10-7-,19-16-,27-24-,28-25-,36-33-,37-34-. The van der Waals surface area contributed by atoms with Crippen LogP contribution in [0, 0.1) is 0 Å². The molecule has 0 bridgehead atoms. The highest BCUT2D eigenvalue weighted by Crippen LogP contribution is 2.18. The maximum absolute atomic E-state index is 13.0. The van der Waals surface area contributed by atoms with E-state index >= 15 is 0 Å². The smallest absolute Gasteiger partial charge is 0.306 e. The third-order valence-corrected chi connectivity index (χ3v) is 16.2. The Hall–Kier alpha value is -3.15. The van der Waals surface area contributed by atoms with E-state index in [1.54, 1.807) is 0 Å². The summed E-state index contributed by atoms with van der Waals surface area (Å²) in [5.41, 5.74) is 0. The summed E-state index contributed by atoms with van der Waals surface area (Å²) in [6.45, 7) is 6.58. The van der Waals surface area contributed by atoms with Crippen LogP contribution in [0.5, 0.6) is 0 Å². The van der Waals surface area contributed by atoms with E-state index in [4.69, 9.17) is 14.2 Å². The minimum absolute atomic E-state index is 0.0741. The van der Waals surface area contributed by atoms with Gasteiger partial charge < -0.3 is 14.2 Å². The lowest BCUT2D eigenvalue weighted by atomic mass is 10.0. The summed E-state index contributed by atoms with van der Waals surface area (Å²) < 4.78 is 17.0. The Morgan fingerprint density at radius 3 is 0.735 bits per heavy atom. The average molecular weight is 1160 g/mol. The van der Waals surface area contributed by atoms with Gasteiger partial charge in [0.15, 0.2) is 6.10 Å². The number of allylic oxidation sites excluding steroid dienone is 12. The summed E-state index contributed by atoms with van der Waals surface area (Å²) in [5, 5.41) is 0. The third-order valence-electron chi connectivity index (χ3n) is 16.2. The molecule has 0 radical (unpaired) electrons. The molecule has 0 aromatic rings. The minimum Gasteiger partial charge on any atom is -0.462 e. The van der Waals surface area contributed by atoms with E-state index in [0.29, 0.717) is 19.3 Å². The molecule has 6 heteroatoms. The van der Waals surface area contributed by atoms with Gasteiger partial charge >= 0.3 is 17.9 Å². The van der Waals surface area contributed by atoms with Crippen LogP contribution in [0.15, 0.2) is 72.9 Å². The molecular weight excluding hydrogens is 1020 g/mol. The predicted octanol–water partition coefficient (Wildman–Crippen LogP) is 25.2. The Bertz CT molecular complexity index is 1520. The molecule has 0 fully saturated rings. The molecule has 83 heavy (non-hydrogen) atoms. The summed E-state index contributed by atoms with van der Waals surface area (Å²) in [4.78, 5) is 38.6. The highest BCUT2D eigenvalue weighted by Gasteiger charge is 2.19. The summed E-state index contributed by atoms with van der Waals surface area (Å²) in [7, 11) is 0. The molecule has 0 amide bonds. The van der Waals surface area contributed by atoms with Crippen molar-refractivity contribution in [2.45, 2.75) is 386 Å². The van der Waals surface area contributed by atoms with Crippen LogP contribution in [-0.2, 0) is 28.6 Å². The molecule has 482 valence electrons. The van der Waals surface area contributed by atoms with E-state index in [0.717, 1.165) is 89.9 Å². The fourth-order valence-electron chi connectivity index (χ4n) is 10.8. The van der Waals surface area contributed by atoms with Gasteiger partial charge in [-0.15, -0.1) is 0 Å². The average Bonchev–Trinajstić information content (AvgIpc) is 3.49. The van der Waals surface area contributed by atoms with Crippen molar-refractivity contribution in [3.05, 3.63) is 72.9 Å². The Labute approximate surface area is 516 Å². The van der Waals surface area contributed by atoms with Gasteiger partial charge in [0, 0.05) is 19.3 Å². The molecule has 0 aliphatic carbocycles. The number of esters is 3. The molecule has 0 saturated heterocycles. The van der Waals surface area contributed by atoms with E-state index in [9.17, 15) is 14.4 Å². The second kappa shape index (κ2) is 71.3. The number of rotatable bonds is 67. The Balaban J connectivity index is 4.35. The van der Waals surface area contributed by atoms with Crippen LogP contribution < -0.4 is 0 Å². The maximum Gasteiger partial charge on any atom is 0.306 e. The van der Waals surface area contributed by atoms with Crippen LogP contribution in [0.2, 0.25) is 0 Å². The number of hydrogen-bond acceptors (Lipinski definition) is 6. The number of carbonyl (C=O) groups is 3. The minimum atomic E-state index is -0.780. The predicted molar refractivity (Wildman–Crippen MR) is 362 cm³/mol. The molecule has 0 aromatic carbocycles. The van der Waals surface area contributed by atoms with Crippen LogP contribution in [0.25, 0.3) is 0 Å². The van der Waals surface area contributed by atoms with E-state index < -0.39 is 6.10 Å². The van der Waals surface area contributed by atoms with Crippen LogP contribution in [0.1, 0.15) is 380 Å². The molecule has 0 aliphatic rings. The van der Waals surface area contributed by atoms with Crippen molar-refractivity contribution in [1.82, 2.24) is 0 Å². The van der Waals surface area contributed by atoms with Crippen molar-refractivity contribution in [2.24, 2.45) is 0 Å². The third kappa shape index (κ3) is 69.5. The van der Waals surface area contributed by atoms with Gasteiger partial charge in [0.25, 0.3) is 0 Å². The Morgan fingerprint density at radius 1 is 0.253 bits per heavy atom. The summed E-state index contributed by atoms with van der Waals surface area (Å²) in [5.74, 6) is -0.857. The molecule has 1 unspecified atom stereocenters. The fraction of sp³-hybridized carbons (Fsp3) is 0.805. The zero-order valence-corrected chi connectivity index (χ0v) is 55.5. The van der Waals surface area contributed by atoms with Crippen molar-refractivity contribution in [3.63, 3.8) is 0 Å². The van der Waals surface area contributed by atoms with Gasteiger partial charge in [0.2, 0.25) is 0 Å². The van der Waals surface area contributed by atoms with Crippen molar-refractivity contribution in [3.8, 4) is 0 Å². The molecular formula is C77H138O6. The number of unbranched alkanes of at least 4 members (excludes halogenated alkanes) is 44. The van der Waals surface area contributed by atoms with Crippen molar-refractivity contribution >= 4 is 17.9 Å². The van der Waals surface area contributed by atoms with Crippen LogP contribution in [-0.4, -0.2) is 37.2 Å². The van der Waals surface area contributed by atoms with Gasteiger partial charge in [-0.05, 0) is 89.9 Å². The largest absolute Gasteiger partial charge is 0.462 e. The van der Waals surface area contributed by atoms with Crippen molar-refractivity contribution in [1.29, 1.82) is 0 Å². The van der Waals surface area contributed by atoms with Gasteiger partial charge in [-0.3, -0.25) is 14.4 Å². The highest BCUT2D eigenvalue weighted by molar-refractivity contribution is 5.71. The monoisotopic (exact) mass is 1160 g/mol.